The van der Waals surface area contributed by atoms with Crippen molar-refractivity contribution in [1.29, 1.82) is 0 Å². The Morgan fingerprint density at radius 3 is 1.90 bits per heavy atom. The highest BCUT2D eigenvalue weighted by Crippen LogP contribution is 2.53. The summed E-state index contributed by atoms with van der Waals surface area (Å²) in [4.78, 5) is 11.0. The molecule has 0 heterocycles. The van der Waals surface area contributed by atoms with Crippen LogP contribution in [-0.2, 0) is 15.2 Å². The van der Waals surface area contributed by atoms with Crippen LogP contribution in [-0.4, -0.2) is 18.3 Å². The largest absolute Gasteiger partial charge is 0.449 e. The molecule has 21 heavy (non-hydrogen) atoms. The first-order valence-electron chi connectivity index (χ1n) is 5.51. The molecule has 8 heteroatoms. The molecule has 1 unspecified atom stereocenters. The van der Waals surface area contributed by atoms with E-state index in [1.54, 1.807) is 0 Å². The van der Waals surface area contributed by atoms with Gasteiger partial charge in [-0.2, -0.15) is 22.0 Å². The Morgan fingerprint density at radius 2 is 1.52 bits per heavy atom. The standard InChI is InChI=1S/C13H10F6O2/c1-8(2)10(20)21-13(18,19)11(14,12(15,16)17)9-6-4-3-5-7-9/h3-7H,1H2,2H3. The van der Waals surface area contributed by atoms with Crippen LogP contribution in [0.1, 0.15) is 12.5 Å². The van der Waals surface area contributed by atoms with Gasteiger partial charge in [-0.1, -0.05) is 36.9 Å². The van der Waals surface area contributed by atoms with Crippen molar-refractivity contribution in [2.75, 3.05) is 0 Å². The van der Waals surface area contributed by atoms with Gasteiger partial charge in [0.1, 0.15) is 0 Å². The Morgan fingerprint density at radius 1 is 1.05 bits per heavy atom. The molecule has 0 aliphatic carbocycles. The van der Waals surface area contributed by atoms with Crippen LogP contribution in [0.5, 0.6) is 0 Å². The van der Waals surface area contributed by atoms with Crippen LogP contribution in [0.25, 0.3) is 0 Å². The number of esters is 1. The summed E-state index contributed by atoms with van der Waals surface area (Å²) in [6.45, 7) is 3.88. The second-order valence-electron chi connectivity index (χ2n) is 4.21. The summed E-state index contributed by atoms with van der Waals surface area (Å²) in [5.74, 6) is -1.83. The smallest absolute Gasteiger partial charge is 0.394 e. The molecule has 1 atom stereocenters. The average molecular weight is 312 g/mol. The number of carbonyl (C=O) groups is 1. The van der Waals surface area contributed by atoms with Crippen LogP contribution >= 0.6 is 0 Å². The molecule has 0 amide bonds. The predicted molar refractivity (Wildman–Crippen MR) is 61.1 cm³/mol. The fraction of sp³-hybridized carbons (Fsp3) is 0.308. The number of alkyl halides is 6. The minimum absolute atomic E-state index is 0.524. The third-order valence-corrected chi connectivity index (χ3v) is 2.53. The summed E-state index contributed by atoms with van der Waals surface area (Å²) < 4.78 is 83.6. The molecule has 1 aromatic carbocycles. The van der Waals surface area contributed by atoms with Gasteiger partial charge in [0.05, 0.1) is 0 Å². The van der Waals surface area contributed by atoms with Crippen molar-refractivity contribution in [3.63, 3.8) is 0 Å². The van der Waals surface area contributed by atoms with Gasteiger partial charge < -0.3 is 4.74 Å². The van der Waals surface area contributed by atoms with Gasteiger partial charge in [-0.05, 0) is 6.92 Å². The Labute approximate surface area is 116 Å². The lowest BCUT2D eigenvalue weighted by atomic mass is 9.93. The van der Waals surface area contributed by atoms with Crippen molar-refractivity contribution in [2.45, 2.75) is 24.9 Å². The van der Waals surface area contributed by atoms with Crippen molar-refractivity contribution in [3.05, 3.63) is 48.0 Å². The molecule has 0 aliphatic rings. The number of benzene rings is 1. The van der Waals surface area contributed by atoms with E-state index in [0.29, 0.717) is 12.1 Å². The summed E-state index contributed by atoms with van der Waals surface area (Å²) >= 11 is 0. The first-order chi connectivity index (χ1) is 9.43. The predicted octanol–water partition coefficient (Wildman–Crippen LogP) is 4.13. The summed E-state index contributed by atoms with van der Waals surface area (Å²) in [6, 6.07) is 4.17. The molecule has 0 aliphatic heterocycles. The minimum atomic E-state index is -6.01. The van der Waals surface area contributed by atoms with E-state index in [-0.39, 0.29) is 0 Å². The van der Waals surface area contributed by atoms with Crippen molar-refractivity contribution in [1.82, 2.24) is 0 Å². The molecule has 1 aromatic rings. The van der Waals surface area contributed by atoms with Crippen LogP contribution < -0.4 is 0 Å². The molecule has 0 saturated heterocycles. The molecule has 0 aromatic heterocycles. The maximum atomic E-state index is 14.3. The minimum Gasteiger partial charge on any atom is -0.394 e. The Hall–Kier alpha value is -1.99. The van der Waals surface area contributed by atoms with Crippen LogP contribution in [0.4, 0.5) is 26.3 Å². The van der Waals surface area contributed by atoms with Crippen LogP contribution in [0.3, 0.4) is 0 Å². The van der Waals surface area contributed by atoms with Gasteiger partial charge in [-0.3, -0.25) is 0 Å². The summed E-state index contributed by atoms with van der Waals surface area (Å²) in [6.07, 6.45) is -11.5. The van der Waals surface area contributed by atoms with Gasteiger partial charge in [-0.15, -0.1) is 0 Å². The lowest BCUT2D eigenvalue weighted by Gasteiger charge is -2.33. The third kappa shape index (κ3) is 3.03. The third-order valence-electron chi connectivity index (χ3n) is 2.53. The molecule has 0 bridgehead atoms. The maximum Gasteiger partial charge on any atom is 0.449 e. The van der Waals surface area contributed by atoms with Crippen molar-refractivity contribution >= 4 is 5.97 Å². The molecular weight excluding hydrogens is 302 g/mol. The number of carbonyl (C=O) groups excluding carboxylic acids is 1. The average Bonchev–Trinajstić information content (AvgIpc) is 2.36. The van der Waals surface area contributed by atoms with E-state index in [1.807, 2.05) is 0 Å². The second kappa shape index (κ2) is 5.42. The molecular formula is C13H10F6O2. The van der Waals surface area contributed by atoms with E-state index < -0.39 is 35.1 Å². The highest BCUT2D eigenvalue weighted by molar-refractivity contribution is 5.87. The Balaban J connectivity index is 3.39. The van der Waals surface area contributed by atoms with Gasteiger partial charge in [0, 0.05) is 11.1 Å². The van der Waals surface area contributed by atoms with Crippen molar-refractivity contribution in [3.8, 4) is 0 Å². The summed E-state index contributed by atoms with van der Waals surface area (Å²) in [7, 11) is 0. The zero-order valence-corrected chi connectivity index (χ0v) is 10.7. The first kappa shape index (κ1) is 17.1. The van der Waals surface area contributed by atoms with E-state index >= 15 is 0 Å². The zero-order valence-electron chi connectivity index (χ0n) is 10.7. The second-order valence-corrected chi connectivity index (χ2v) is 4.21. The lowest BCUT2D eigenvalue weighted by Crippen LogP contribution is -2.54. The molecule has 116 valence electrons. The van der Waals surface area contributed by atoms with E-state index in [1.165, 1.54) is 6.07 Å². The quantitative estimate of drug-likeness (QED) is 0.475. The number of rotatable bonds is 4. The molecule has 1 rings (SSSR count). The van der Waals surface area contributed by atoms with Gasteiger partial charge in [0.2, 0.25) is 0 Å². The van der Waals surface area contributed by atoms with Crippen LogP contribution in [0.15, 0.2) is 42.5 Å². The SMILES string of the molecule is C=C(C)C(=O)OC(F)(F)C(F)(c1ccccc1)C(F)(F)F. The maximum absolute atomic E-state index is 14.3. The van der Waals surface area contributed by atoms with Crippen LogP contribution in [0.2, 0.25) is 0 Å². The van der Waals surface area contributed by atoms with Gasteiger partial charge in [0.25, 0.3) is 0 Å². The number of hydrogen-bond donors (Lipinski definition) is 0. The zero-order chi connectivity index (χ0) is 16.5. The van der Waals surface area contributed by atoms with E-state index in [0.717, 1.165) is 19.1 Å². The Kier molecular flexibility index (Phi) is 4.40. The number of halogens is 6. The van der Waals surface area contributed by atoms with Crippen molar-refractivity contribution < 1.29 is 35.9 Å². The molecule has 0 spiro atoms. The fourth-order valence-corrected chi connectivity index (χ4v) is 1.44. The van der Waals surface area contributed by atoms with E-state index in [4.69, 9.17) is 0 Å². The Bertz CT molecular complexity index is 537. The van der Waals surface area contributed by atoms with Crippen LogP contribution in [0, 0.1) is 0 Å². The fourth-order valence-electron chi connectivity index (χ4n) is 1.44. The van der Waals surface area contributed by atoms with Gasteiger partial charge in [0.15, 0.2) is 0 Å². The topological polar surface area (TPSA) is 26.3 Å². The normalized spacial score (nSPS) is 15.2. The van der Waals surface area contributed by atoms with E-state index in [2.05, 4.69) is 11.3 Å². The first-order valence-corrected chi connectivity index (χ1v) is 5.51. The summed E-state index contributed by atoms with van der Waals surface area (Å²) in [5, 5.41) is 0. The lowest BCUT2D eigenvalue weighted by molar-refractivity contribution is -0.376. The highest BCUT2D eigenvalue weighted by Gasteiger charge is 2.75. The molecule has 0 saturated carbocycles. The van der Waals surface area contributed by atoms with Crippen molar-refractivity contribution in [2.24, 2.45) is 0 Å². The highest BCUT2D eigenvalue weighted by atomic mass is 19.4. The monoisotopic (exact) mass is 312 g/mol. The molecule has 2 nitrogen and oxygen atoms in total. The van der Waals surface area contributed by atoms with Gasteiger partial charge >= 0.3 is 23.9 Å². The van der Waals surface area contributed by atoms with E-state index in [9.17, 15) is 31.1 Å². The number of ether oxygens (including phenoxy) is 1. The molecule has 0 fully saturated rings. The number of hydrogen-bond acceptors (Lipinski definition) is 2. The summed E-state index contributed by atoms with van der Waals surface area (Å²) in [5.41, 5.74) is -7.14. The van der Waals surface area contributed by atoms with Gasteiger partial charge in [-0.25, -0.2) is 9.18 Å². The molecule has 0 radical (unpaired) electrons. The molecule has 0 N–H and O–H groups in total.